The number of hydrogen-bond donors (Lipinski definition) is 1. The highest BCUT2D eigenvalue weighted by Gasteiger charge is 2.50. The summed E-state index contributed by atoms with van der Waals surface area (Å²) in [4.78, 5) is 13.3. The Hall–Kier alpha value is -2.35. The number of fused-ring (bicyclic) bond motifs is 3. The van der Waals surface area contributed by atoms with E-state index < -0.39 is 38.8 Å². The standard InChI is InChI=1S/C25H28ClNO5S/c1-24(2,3)32-23(29)27-21-11-10-17(26)14-20(21)19-12-16(13-22(19)27)25(4,15-28)33(30,31)18-8-6-5-7-9-18/h5-11,14,16,28H,12-13,15H2,1-4H3. The minimum Gasteiger partial charge on any atom is -0.443 e. The fourth-order valence-corrected chi connectivity index (χ4v) is 6.63. The molecule has 4 rings (SSSR count). The van der Waals surface area contributed by atoms with E-state index in [9.17, 15) is 18.3 Å². The Labute approximate surface area is 199 Å². The summed E-state index contributed by atoms with van der Waals surface area (Å²) in [5, 5.41) is 11.7. The second-order valence-electron chi connectivity index (χ2n) is 9.79. The van der Waals surface area contributed by atoms with Gasteiger partial charge >= 0.3 is 6.09 Å². The van der Waals surface area contributed by atoms with Gasteiger partial charge in [0.05, 0.1) is 17.0 Å². The summed E-state index contributed by atoms with van der Waals surface area (Å²) in [5.74, 6) is -0.435. The fraction of sp³-hybridized carbons (Fsp3) is 0.400. The van der Waals surface area contributed by atoms with Gasteiger partial charge in [0.1, 0.15) is 10.3 Å². The molecular weight excluding hydrogens is 462 g/mol. The number of benzene rings is 2. The fourth-order valence-electron chi connectivity index (χ4n) is 4.63. The van der Waals surface area contributed by atoms with Crippen molar-refractivity contribution >= 4 is 38.4 Å². The SMILES string of the molecule is CC(C)(C)OC(=O)n1c2c(c3cc(Cl)ccc31)CC(C(C)(CO)S(=O)(=O)c1ccccc1)C2. The summed E-state index contributed by atoms with van der Waals surface area (Å²) >= 11 is 6.26. The van der Waals surface area contributed by atoms with Crippen LogP contribution in [-0.4, -0.2) is 41.1 Å². The van der Waals surface area contributed by atoms with Crippen LogP contribution in [0.3, 0.4) is 0 Å². The van der Waals surface area contributed by atoms with Crippen molar-refractivity contribution in [3.05, 3.63) is 64.8 Å². The smallest absolute Gasteiger partial charge is 0.419 e. The predicted molar refractivity (Wildman–Crippen MR) is 129 cm³/mol. The third-order valence-corrected chi connectivity index (χ3v) is 9.27. The van der Waals surface area contributed by atoms with Gasteiger partial charge in [-0.2, -0.15) is 0 Å². The highest BCUT2D eigenvalue weighted by atomic mass is 35.5. The number of carbonyl (C=O) groups is 1. The Morgan fingerprint density at radius 2 is 1.79 bits per heavy atom. The van der Waals surface area contributed by atoms with Crippen LogP contribution in [0.1, 0.15) is 39.0 Å². The van der Waals surface area contributed by atoms with Crippen molar-refractivity contribution in [1.82, 2.24) is 4.57 Å². The normalized spacial score (nSPS) is 18.2. The van der Waals surface area contributed by atoms with Crippen LogP contribution in [0.25, 0.3) is 10.9 Å². The van der Waals surface area contributed by atoms with E-state index in [0.29, 0.717) is 29.1 Å². The quantitative estimate of drug-likeness (QED) is 0.556. The topological polar surface area (TPSA) is 85.6 Å². The number of sulfone groups is 1. The Morgan fingerprint density at radius 3 is 2.39 bits per heavy atom. The largest absolute Gasteiger partial charge is 0.443 e. The lowest BCUT2D eigenvalue weighted by molar-refractivity contribution is 0.0540. The van der Waals surface area contributed by atoms with Gasteiger partial charge in [0, 0.05) is 16.1 Å². The van der Waals surface area contributed by atoms with Gasteiger partial charge < -0.3 is 9.84 Å². The van der Waals surface area contributed by atoms with Crippen LogP contribution in [0.4, 0.5) is 4.79 Å². The number of hydrogen-bond acceptors (Lipinski definition) is 5. The third-order valence-electron chi connectivity index (χ3n) is 6.45. The minimum atomic E-state index is -3.85. The van der Waals surface area contributed by atoms with Gasteiger partial charge in [-0.15, -0.1) is 0 Å². The number of aliphatic hydroxyl groups excluding tert-OH is 1. The summed E-state index contributed by atoms with van der Waals surface area (Å²) in [7, 11) is -3.85. The first-order valence-electron chi connectivity index (χ1n) is 10.8. The molecule has 3 aromatic rings. The van der Waals surface area contributed by atoms with Gasteiger partial charge in [0.2, 0.25) is 0 Å². The highest BCUT2D eigenvalue weighted by Crippen LogP contribution is 2.44. The van der Waals surface area contributed by atoms with Crippen molar-refractivity contribution in [2.75, 3.05) is 6.61 Å². The summed E-state index contributed by atoms with van der Waals surface area (Å²) < 4.78 is 32.9. The molecule has 1 aliphatic carbocycles. The Kier molecular flexibility index (Phi) is 5.88. The molecule has 0 radical (unpaired) electrons. The van der Waals surface area contributed by atoms with Gasteiger partial charge in [0.15, 0.2) is 9.84 Å². The number of rotatable bonds is 4. The van der Waals surface area contributed by atoms with E-state index in [2.05, 4.69) is 0 Å². The van der Waals surface area contributed by atoms with Crippen LogP contribution in [0.5, 0.6) is 0 Å². The Bertz CT molecular complexity index is 1320. The molecule has 1 N–H and O–H groups in total. The van der Waals surface area contributed by atoms with Crippen LogP contribution >= 0.6 is 11.6 Å². The molecule has 2 unspecified atom stereocenters. The zero-order valence-corrected chi connectivity index (χ0v) is 20.7. The second kappa shape index (κ2) is 8.15. The van der Waals surface area contributed by atoms with Crippen LogP contribution in [0.2, 0.25) is 5.02 Å². The molecule has 0 saturated heterocycles. The maximum absolute atomic E-state index is 13.6. The highest BCUT2D eigenvalue weighted by molar-refractivity contribution is 7.92. The van der Waals surface area contributed by atoms with E-state index in [1.54, 1.807) is 76.2 Å². The molecule has 0 bridgehead atoms. The molecule has 2 atom stereocenters. The van der Waals surface area contributed by atoms with Crippen molar-refractivity contribution in [1.29, 1.82) is 0 Å². The van der Waals surface area contributed by atoms with E-state index in [-0.39, 0.29) is 4.90 Å². The predicted octanol–water partition coefficient (Wildman–Crippen LogP) is 5.02. The molecule has 0 saturated carbocycles. The first kappa shape index (κ1) is 23.8. The van der Waals surface area contributed by atoms with Crippen molar-refractivity contribution in [2.45, 2.75) is 55.8 Å². The molecule has 1 aliphatic rings. The van der Waals surface area contributed by atoms with Crippen molar-refractivity contribution in [2.24, 2.45) is 5.92 Å². The van der Waals surface area contributed by atoms with Gasteiger partial charge in [-0.05, 0) is 82.3 Å². The Balaban J connectivity index is 1.82. The lowest BCUT2D eigenvalue weighted by Gasteiger charge is -2.33. The summed E-state index contributed by atoms with van der Waals surface area (Å²) in [6.07, 6.45) is 0.183. The zero-order valence-electron chi connectivity index (χ0n) is 19.1. The molecule has 0 fully saturated rings. The van der Waals surface area contributed by atoms with Crippen LogP contribution < -0.4 is 0 Å². The van der Waals surface area contributed by atoms with E-state index in [1.807, 2.05) is 0 Å². The van der Waals surface area contributed by atoms with E-state index in [4.69, 9.17) is 16.3 Å². The molecule has 1 aromatic heterocycles. The molecule has 0 spiro atoms. The molecule has 0 amide bonds. The molecule has 6 nitrogen and oxygen atoms in total. The van der Waals surface area contributed by atoms with Crippen LogP contribution in [-0.2, 0) is 27.4 Å². The number of nitrogens with zero attached hydrogens (tertiary/aromatic N) is 1. The van der Waals surface area contributed by atoms with Gasteiger partial charge in [-0.3, -0.25) is 0 Å². The van der Waals surface area contributed by atoms with E-state index >= 15 is 0 Å². The molecule has 0 aliphatic heterocycles. The van der Waals surface area contributed by atoms with Crippen molar-refractivity contribution < 1.29 is 23.1 Å². The maximum Gasteiger partial charge on any atom is 0.419 e. The van der Waals surface area contributed by atoms with Crippen LogP contribution in [0, 0.1) is 5.92 Å². The molecule has 1 heterocycles. The number of aromatic nitrogens is 1. The molecule has 2 aromatic carbocycles. The molecule has 8 heteroatoms. The first-order chi connectivity index (χ1) is 15.4. The monoisotopic (exact) mass is 489 g/mol. The summed E-state index contributed by atoms with van der Waals surface area (Å²) in [6.45, 7) is 6.44. The first-order valence-corrected chi connectivity index (χ1v) is 12.7. The molecular formula is C25H28ClNO5S. The van der Waals surface area contributed by atoms with Crippen molar-refractivity contribution in [3.8, 4) is 0 Å². The lowest BCUT2D eigenvalue weighted by Crippen LogP contribution is -2.47. The van der Waals surface area contributed by atoms with Gasteiger partial charge in [-0.25, -0.2) is 17.8 Å². The Morgan fingerprint density at radius 1 is 1.12 bits per heavy atom. The number of halogens is 1. The van der Waals surface area contributed by atoms with E-state index in [1.165, 1.54) is 4.57 Å². The van der Waals surface area contributed by atoms with Crippen molar-refractivity contribution in [3.63, 3.8) is 0 Å². The second-order valence-corrected chi connectivity index (χ2v) is 12.6. The average molecular weight is 490 g/mol. The summed E-state index contributed by atoms with van der Waals surface area (Å²) in [6, 6.07) is 13.5. The number of carbonyl (C=O) groups excluding carboxylic acids is 1. The van der Waals surface area contributed by atoms with E-state index in [0.717, 1.165) is 10.9 Å². The number of aliphatic hydroxyl groups is 1. The lowest BCUT2D eigenvalue weighted by atomic mass is 9.90. The maximum atomic E-state index is 13.6. The average Bonchev–Trinajstić information content (AvgIpc) is 3.30. The van der Waals surface area contributed by atoms with Crippen LogP contribution in [0.15, 0.2) is 53.4 Å². The minimum absolute atomic E-state index is 0.168. The van der Waals surface area contributed by atoms with Gasteiger partial charge in [-0.1, -0.05) is 29.8 Å². The molecule has 176 valence electrons. The third kappa shape index (κ3) is 3.96. The molecule has 33 heavy (non-hydrogen) atoms. The number of ether oxygens (including phenoxy) is 1. The zero-order chi connectivity index (χ0) is 24.2. The van der Waals surface area contributed by atoms with Gasteiger partial charge in [0.25, 0.3) is 0 Å². The summed E-state index contributed by atoms with van der Waals surface area (Å²) in [5.41, 5.74) is 1.55.